The first-order chi connectivity index (χ1) is 9.49. The van der Waals surface area contributed by atoms with Crippen LogP contribution in [0.3, 0.4) is 0 Å². The van der Waals surface area contributed by atoms with E-state index in [1.54, 1.807) is 6.26 Å². The van der Waals surface area contributed by atoms with Gasteiger partial charge < -0.3 is 14.5 Å². The SMILES string of the molecule is CCC1COCCN1Cc1ccoc1CNC(C)(C)C. The molecule has 1 saturated heterocycles. The highest BCUT2D eigenvalue weighted by Crippen LogP contribution is 2.19. The van der Waals surface area contributed by atoms with Gasteiger partial charge in [0.15, 0.2) is 0 Å². The molecule has 0 spiro atoms. The first-order valence-corrected chi connectivity index (χ1v) is 7.61. The Bertz CT molecular complexity index is 409. The quantitative estimate of drug-likeness (QED) is 0.900. The van der Waals surface area contributed by atoms with E-state index in [-0.39, 0.29) is 5.54 Å². The van der Waals surface area contributed by atoms with Crippen molar-refractivity contribution < 1.29 is 9.15 Å². The smallest absolute Gasteiger partial charge is 0.122 e. The molecule has 1 fully saturated rings. The van der Waals surface area contributed by atoms with E-state index < -0.39 is 0 Å². The molecule has 114 valence electrons. The molecule has 0 aliphatic carbocycles. The van der Waals surface area contributed by atoms with Gasteiger partial charge in [-0.25, -0.2) is 0 Å². The van der Waals surface area contributed by atoms with Crippen LogP contribution in [0.15, 0.2) is 16.7 Å². The molecule has 0 radical (unpaired) electrons. The van der Waals surface area contributed by atoms with E-state index in [1.807, 2.05) is 0 Å². The van der Waals surface area contributed by atoms with E-state index >= 15 is 0 Å². The zero-order valence-corrected chi connectivity index (χ0v) is 13.2. The monoisotopic (exact) mass is 280 g/mol. The number of morpholine rings is 1. The van der Waals surface area contributed by atoms with Crippen molar-refractivity contribution in [3.05, 3.63) is 23.7 Å². The minimum Gasteiger partial charge on any atom is -0.468 e. The van der Waals surface area contributed by atoms with Crippen LogP contribution in [-0.4, -0.2) is 36.2 Å². The molecule has 1 aromatic rings. The van der Waals surface area contributed by atoms with Crippen molar-refractivity contribution >= 4 is 0 Å². The zero-order valence-electron chi connectivity index (χ0n) is 13.2. The van der Waals surface area contributed by atoms with Crippen LogP contribution in [0.1, 0.15) is 45.4 Å². The van der Waals surface area contributed by atoms with Crippen LogP contribution in [0.4, 0.5) is 0 Å². The number of nitrogens with one attached hydrogen (secondary N) is 1. The summed E-state index contributed by atoms with van der Waals surface area (Å²) < 4.78 is 11.2. The van der Waals surface area contributed by atoms with Crippen molar-refractivity contribution in [3.63, 3.8) is 0 Å². The van der Waals surface area contributed by atoms with Gasteiger partial charge in [0.25, 0.3) is 0 Å². The second-order valence-corrected chi connectivity index (χ2v) is 6.58. The van der Waals surface area contributed by atoms with Gasteiger partial charge in [0, 0.05) is 30.2 Å². The summed E-state index contributed by atoms with van der Waals surface area (Å²) in [5, 5.41) is 3.49. The van der Waals surface area contributed by atoms with Crippen molar-refractivity contribution in [3.8, 4) is 0 Å². The second kappa shape index (κ2) is 6.74. The van der Waals surface area contributed by atoms with E-state index in [1.165, 1.54) is 5.56 Å². The predicted octanol–water partition coefficient (Wildman–Crippen LogP) is 2.78. The summed E-state index contributed by atoms with van der Waals surface area (Å²) in [6, 6.07) is 2.63. The fourth-order valence-electron chi connectivity index (χ4n) is 2.50. The van der Waals surface area contributed by atoms with Gasteiger partial charge in [-0.2, -0.15) is 0 Å². The third kappa shape index (κ3) is 4.33. The maximum Gasteiger partial charge on any atom is 0.122 e. The first-order valence-electron chi connectivity index (χ1n) is 7.61. The highest BCUT2D eigenvalue weighted by Gasteiger charge is 2.23. The van der Waals surface area contributed by atoms with E-state index in [2.05, 4.69) is 44.0 Å². The molecular formula is C16H28N2O2. The topological polar surface area (TPSA) is 37.6 Å². The molecular weight excluding hydrogens is 252 g/mol. The highest BCUT2D eigenvalue weighted by atomic mass is 16.5. The van der Waals surface area contributed by atoms with Crippen molar-refractivity contribution in [1.29, 1.82) is 0 Å². The Morgan fingerprint density at radius 2 is 2.20 bits per heavy atom. The van der Waals surface area contributed by atoms with E-state index in [0.717, 1.165) is 45.0 Å². The van der Waals surface area contributed by atoms with Crippen LogP contribution in [0.5, 0.6) is 0 Å². The summed E-state index contributed by atoms with van der Waals surface area (Å²) in [4.78, 5) is 2.51. The van der Waals surface area contributed by atoms with Gasteiger partial charge in [0.2, 0.25) is 0 Å². The number of hydrogen-bond donors (Lipinski definition) is 1. The summed E-state index contributed by atoms with van der Waals surface area (Å²) in [7, 11) is 0. The lowest BCUT2D eigenvalue weighted by Gasteiger charge is -2.35. The lowest BCUT2D eigenvalue weighted by molar-refractivity contribution is -0.0129. The summed E-state index contributed by atoms with van der Waals surface area (Å²) in [5.74, 6) is 1.06. The predicted molar refractivity (Wildman–Crippen MR) is 80.6 cm³/mol. The Morgan fingerprint density at radius 3 is 2.90 bits per heavy atom. The van der Waals surface area contributed by atoms with Crippen molar-refractivity contribution in [1.82, 2.24) is 10.2 Å². The van der Waals surface area contributed by atoms with Gasteiger partial charge in [-0.15, -0.1) is 0 Å². The van der Waals surface area contributed by atoms with Crippen LogP contribution in [0, 0.1) is 0 Å². The number of ether oxygens (including phenoxy) is 1. The average molecular weight is 280 g/mol. The van der Waals surface area contributed by atoms with Gasteiger partial charge in [0.1, 0.15) is 5.76 Å². The molecule has 0 bridgehead atoms. The van der Waals surface area contributed by atoms with Crippen LogP contribution in [0.25, 0.3) is 0 Å². The molecule has 1 aliphatic heterocycles. The third-order valence-corrected chi connectivity index (χ3v) is 3.81. The van der Waals surface area contributed by atoms with Gasteiger partial charge >= 0.3 is 0 Å². The standard InChI is InChI=1S/C16H28N2O2/c1-5-14-12-19-9-7-18(14)11-13-6-8-20-15(13)10-17-16(2,3)4/h6,8,14,17H,5,7,9-12H2,1-4H3. The van der Waals surface area contributed by atoms with Crippen LogP contribution in [0.2, 0.25) is 0 Å². The van der Waals surface area contributed by atoms with Gasteiger partial charge in [0.05, 0.1) is 26.0 Å². The van der Waals surface area contributed by atoms with Gasteiger partial charge in [-0.05, 0) is 33.3 Å². The maximum atomic E-state index is 5.65. The Hall–Kier alpha value is -0.840. The van der Waals surface area contributed by atoms with Crippen LogP contribution in [-0.2, 0) is 17.8 Å². The minimum atomic E-state index is 0.106. The van der Waals surface area contributed by atoms with E-state index in [4.69, 9.17) is 9.15 Å². The summed E-state index contributed by atoms with van der Waals surface area (Å²) in [6.07, 6.45) is 2.93. The second-order valence-electron chi connectivity index (χ2n) is 6.58. The van der Waals surface area contributed by atoms with Crippen molar-refractivity contribution in [2.45, 2.75) is 58.8 Å². The molecule has 2 rings (SSSR count). The lowest BCUT2D eigenvalue weighted by atomic mass is 10.1. The summed E-state index contributed by atoms with van der Waals surface area (Å²) >= 11 is 0. The molecule has 1 aliphatic rings. The zero-order chi connectivity index (χ0) is 14.6. The molecule has 4 nitrogen and oxygen atoms in total. The van der Waals surface area contributed by atoms with E-state index in [0.29, 0.717) is 6.04 Å². The van der Waals surface area contributed by atoms with Crippen LogP contribution >= 0.6 is 0 Å². The molecule has 1 N–H and O–H groups in total. The Labute approximate surface area is 122 Å². The number of furan rings is 1. The van der Waals surface area contributed by atoms with Gasteiger partial charge in [-0.3, -0.25) is 4.90 Å². The highest BCUT2D eigenvalue weighted by molar-refractivity contribution is 5.17. The third-order valence-electron chi connectivity index (χ3n) is 3.81. The molecule has 1 atom stereocenters. The largest absolute Gasteiger partial charge is 0.468 e. The van der Waals surface area contributed by atoms with E-state index in [9.17, 15) is 0 Å². The summed E-state index contributed by atoms with van der Waals surface area (Å²) in [6.45, 7) is 13.2. The maximum absolute atomic E-state index is 5.65. The first kappa shape index (κ1) is 15.5. The fourth-order valence-corrected chi connectivity index (χ4v) is 2.50. The molecule has 2 heterocycles. The molecule has 0 aromatic carbocycles. The Morgan fingerprint density at radius 1 is 1.40 bits per heavy atom. The summed E-state index contributed by atoms with van der Waals surface area (Å²) in [5.41, 5.74) is 1.40. The number of rotatable bonds is 5. The van der Waals surface area contributed by atoms with Gasteiger partial charge in [-0.1, -0.05) is 6.92 Å². The minimum absolute atomic E-state index is 0.106. The average Bonchev–Trinajstić information content (AvgIpc) is 2.83. The molecule has 1 unspecified atom stereocenters. The number of hydrogen-bond acceptors (Lipinski definition) is 4. The lowest BCUT2D eigenvalue weighted by Crippen LogP contribution is -2.44. The van der Waals surface area contributed by atoms with Crippen LogP contribution < -0.4 is 5.32 Å². The van der Waals surface area contributed by atoms with Crippen molar-refractivity contribution in [2.75, 3.05) is 19.8 Å². The molecule has 0 saturated carbocycles. The molecule has 4 heteroatoms. The molecule has 0 amide bonds. The number of nitrogens with zero attached hydrogens (tertiary/aromatic N) is 1. The fraction of sp³-hybridized carbons (Fsp3) is 0.750. The van der Waals surface area contributed by atoms with Crippen molar-refractivity contribution in [2.24, 2.45) is 0 Å². The molecule has 20 heavy (non-hydrogen) atoms. The molecule has 1 aromatic heterocycles. The normalized spacial score (nSPS) is 21.3. The Balaban J connectivity index is 1.97. The Kier molecular flexibility index (Phi) is 5.24.